The molecule has 1 saturated heterocycles. The first-order valence-corrected chi connectivity index (χ1v) is 12.6. The van der Waals surface area contributed by atoms with Gasteiger partial charge >= 0.3 is 0 Å². The summed E-state index contributed by atoms with van der Waals surface area (Å²) in [6.07, 6.45) is 1.03. The number of hydrogen-bond acceptors (Lipinski definition) is 4. The topological polar surface area (TPSA) is 41.9 Å². The average Bonchev–Trinajstić information content (AvgIpc) is 3.30. The number of allylic oxidation sites excluding steroid dienone is 1. The van der Waals surface area contributed by atoms with Crippen LogP contribution in [0.3, 0.4) is 0 Å². The quantitative estimate of drug-likeness (QED) is 0.428. The van der Waals surface area contributed by atoms with Crippen molar-refractivity contribution < 1.29 is 14.6 Å². The van der Waals surface area contributed by atoms with Crippen LogP contribution in [-0.2, 0) is 0 Å². The number of fused-ring (bicyclic) bond motifs is 1. The maximum atomic E-state index is 10.1. The highest BCUT2D eigenvalue weighted by atomic mass is 16.5. The third-order valence-corrected chi connectivity index (χ3v) is 7.47. The normalized spacial score (nSPS) is 20.9. The molecule has 0 radical (unpaired) electrons. The second-order valence-electron chi connectivity index (χ2n) is 10.1. The van der Waals surface area contributed by atoms with Crippen molar-refractivity contribution in [2.24, 2.45) is 5.92 Å². The molecule has 4 heteroatoms. The number of aromatic hydroxyl groups is 1. The van der Waals surface area contributed by atoms with Crippen LogP contribution in [0.15, 0.2) is 66.7 Å². The van der Waals surface area contributed by atoms with E-state index in [2.05, 4.69) is 81.1 Å². The molecule has 182 valence electrons. The molecule has 1 fully saturated rings. The molecular formula is C31H35NO3. The van der Waals surface area contributed by atoms with Crippen LogP contribution in [0.2, 0.25) is 0 Å². The highest BCUT2D eigenvalue weighted by Gasteiger charge is 2.30. The molecule has 3 unspecified atom stereocenters. The fraction of sp³-hybridized carbons (Fsp3) is 0.355. The Morgan fingerprint density at radius 1 is 1.03 bits per heavy atom. The van der Waals surface area contributed by atoms with E-state index >= 15 is 0 Å². The molecule has 2 aliphatic rings. The van der Waals surface area contributed by atoms with Crippen molar-refractivity contribution in [1.29, 1.82) is 0 Å². The SMILES string of the molecule is CC1=C(c2ccccc2C)C(c2ccc(OCC(C)N3CCC(C)C3)cc2)Oc2ccc(O)cc21. The Morgan fingerprint density at radius 2 is 1.80 bits per heavy atom. The van der Waals surface area contributed by atoms with Crippen LogP contribution in [0, 0.1) is 12.8 Å². The zero-order chi connectivity index (χ0) is 24.5. The van der Waals surface area contributed by atoms with Gasteiger partial charge in [-0.15, -0.1) is 0 Å². The number of benzene rings is 3. The second-order valence-corrected chi connectivity index (χ2v) is 10.1. The lowest BCUT2D eigenvalue weighted by molar-refractivity contribution is 0.169. The molecule has 35 heavy (non-hydrogen) atoms. The minimum Gasteiger partial charge on any atom is -0.508 e. The smallest absolute Gasteiger partial charge is 0.150 e. The fourth-order valence-corrected chi connectivity index (χ4v) is 5.32. The molecule has 5 rings (SSSR count). The van der Waals surface area contributed by atoms with E-state index in [1.165, 1.54) is 12.0 Å². The van der Waals surface area contributed by atoms with E-state index < -0.39 is 0 Å². The van der Waals surface area contributed by atoms with Gasteiger partial charge in [-0.3, -0.25) is 4.90 Å². The summed E-state index contributed by atoms with van der Waals surface area (Å²) in [5.74, 6) is 2.69. The van der Waals surface area contributed by atoms with Crippen LogP contribution in [0.1, 0.15) is 55.5 Å². The van der Waals surface area contributed by atoms with Crippen LogP contribution in [0.25, 0.3) is 11.1 Å². The first-order chi connectivity index (χ1) is 16.9. The molecule has 0 aliphatic carbocycles. The number of rotatable bonds is 6. The monoisotopic (exact) mass is 469 g/mol. The summed E-state index contributed by atoms with van der Waals surface area (Å²) in [7, 11) is 0. The Hall–Kier alpha value is -3.24. The molecular weight excluding hydrogens is 434 g/mol. The van der Waals surface area contributed by atoms with Gasteiger partial charge in [-0.1, -0.05) is 43.3 Å². The van der Waals surface area contributed by atoms with Crippen molar-refractivity contribution in [3.05, 3.63) is 89.0 Å². The summed E-state index contributed by atoms with van der Waals surface area (Å²) in [5, 5.41) is 10.1. The van der Waals surface area contributed by atoms with E-state index in [9.17, 15) is 5.11 Å². The highest BCUT2D eigenvalue weighted by molar-refractivity contribution is 5.96. The van der Waals surface area contributed by atoms with Crippen molar-refractivity contribution in [2.75, 3.05) is 19.7 Å². The number of aryl methyl sites for hydroxylation is 1. The van der Waals surface area contributed by atoms with E-state index in [-0.39, 0.29) is 11.9 Å². The summed E-state index contributed by atoms with van der Waals surface area (Å²) < 4.78 is 12.7. The first kappa shape index (κ1) is 23.5. The lowest BCUT2D eigenvalue weighted by atomic mass is 9.84. The number of nitrogens with zero attached hydrogens (tertiary/aromatic N) is 1. The maximum Gasteiger partial charge on any atom is 0.150 e. The molecule has 0 aromatic heterocycles. The Balaban J connectivity index is 1.41. The predicted molar refractivity (Wildman–Crippen MR) is 142 cm³/mol. The molecule has 0 bridgehead atoms. The Morgan fingerprint density at radius 3 is 2.51 bits per heavy atom. The number of ether oxygens (including phenoxy) is 2. The van der Waals surface area contributed by atoms with Crippen LogP contribution in [0.5, 0.6) is 17.2 Å². The molecule has 3 aromatic rings. The first-order valence-electron chi connectivity index (χ1n) is 12.6. The van der Waals surface area contributed by atoms with E-state index in [1.54, 1.807) is 12.1 Å². The third-order valence-electron chi connectivity index (χ3n) is 7.47. The van der Waals surface area contributed by atoms with Gasteiger partial charge in [0.2, 0.25) is 0 Å². The lowest BCUT2D eigenvalue weighted by Gasteiger charge is -2.32. The van der Waals surface area contributed by atoms with Gasteiger partial charge in [-0.05, 0) is 92.2 Å². The van der Waals surface area contributed by atoms with Gasteiger partial charge < -0.3 is 14.6 Å². The van der Waals surface area contributed by atoms with Crippen molar-refractivity contribution in [3.63, 3.8) is 0 Å². The number of phenols is 1. The Labute approximate surface area is 208 Å². The summed E-state index contributed by atoms with van der Waals surface area (Å²) in [6.45, 7) is 11.8. The zero-order valence-corrected chi connectivity index (χ0v) is 21.1. The van der Waals surface area contributed by atoms with Crippen LogP contribution < -0.4 is 9.47 Å². The van der Waals surface area contributed by atoms with Gasteiger partial charge in [0, 0.05) is 23.7 Å². The van der Waals surface area contributed by atoms with E-state index in [0.717, 1.165) is 58.3 Å². The number of phenolic OH excluding ortho intramolecular Hbond substituents is 1. The van der Waals surface area contributed by atoms with Crippen molar-refractivity contribution in [3.8, 4) is 17.2 Å². The van der Waals surface area contributed by atoms with Crippen LogP contribution in [0.4, 0.5) is 0 Å². The molecule has 3 aromatic carbocycles. The largest absolute Gasteiger partial charge is 0.508 e. The van der Waals surface area contributed by atoms with E-state index in [0.29, 0.717) is 12.6 Å². The van der Waals surface area contributed by atoms with Gasteiger partial charge in [-0.2, -0.15) is 0 Å². The van der Waals surface area contributed by atoms with Crippen LogP contribution in [-0.4, -0.2) is 35.7 Å². The maximum absolute atomic E-state index is 10.1. The van der Waals surface area contributed by atoms with E-state index in [1.807, 2.05) is 6.07 Å². The predicted octanol–water partition coefficient (Wildman–Crippen LogP) is 6.87. The van der Waals surface area contributed by atoms with Crippen molar-refractivity contribution >= 4 is 11.1 Å². The molecule has 3 atom stereocenters. The summed E-state index contributed by atoms with van der Waals surface area (Å²) in [5.41, 5.74) is 6.63. The minimum absolute atomic E-state index is 0.243. The summed E-state index contributed by atoms with van der Waals surface area (Å²) in [6, 6.07) is 22.5. The van der Waals surface area contributed by atoms with Gasteiger partial charge in [0.05, 0.1) is 0 Å². The molecule has 2 aliphatic heterocycles. The highest BCUT2D eigenvalue weighted by Crippen LogP contribution is 2.48. The fourth-order valence-electron chi connectivity index (χ4n) is 5.32. The Bertz CT molecular complexity index is 1230. The standard InChI is InChI=1S/C31H35NO3/c1-20-15-16-32(18-20)22(3)19-34-26-12-9-24(10-13-26)31-30(27-8-6-5-7-21(27)2)23(4)28-17-25(33)11-14-29(28)35-31/h5-14,17,20,22,31,33H,15-16,18-19H2,1-4H3. The molecule has 1 N–H and O–H groups in total. The van der Waals surface area contributed by atoms with Gasteiger partial charge in [0.25, 0.3) is 0 Å². The molecule has 0 spiro atoms. The Kier molecular flexibility index (Phi) is 6.57. The van der Waals surface area contributed by atoms with Gasteiger partial charge in [0.1, 0.15) is 30.0 Å². The molecule has 2 heterocycles. The number of likely N-dealkylation sites (tertiary alicyclic amines) is 1. The van der Waals surface area contributed by atoms with Gasteiger partial charge in [0.15, 0.2) is 0 Å². The molecule has 0 amide bonds. The second kappa shape index (κ2) is 9.79. The van der Waals surface area contributed by atoms with Gasteiger partial charge in [-0.25, -0.2) is 0 Å². The number of hydrogen-bond donors (Lipinski definition) is 1. The summed E-state index contributed by atoms with van der Waals surface area (Å²) >= 11 is 0. The minimum atomic E-state index is -0.243. The third kappa shape index (κ3) is 4.81. The average molecular weight is 470 g/mol. The lowest BCUT2D eigenvalue weighted by Crippen LogP contribution is -2.35. The van der Waals surface area contributed by atoms with Crippen molar-refractivity contribution in [2.45, 2.75) is 46.3 Å². The van der Waals surface area contributed by atoms with Crippen LogP contribution >= 0.6 is 0 Å². The molecule has 4 nitrogen and oxygen atoms in total. The zero-order valence-electron chi connectivity index (χ0n) is 21.1. The molecule has 0 saturated carbocycles. The van der Waals surface area contributed by atoms with E-state index in [4.69, 9.17) is 9.47 Å². The van der Waals surface area contributed by atoms with Crippen molar-refractivity contribution in [1.82, 2.24) is 4.90 Å². The summed E-state index contributed by atoms with van der Waals surface area (Å²) in [4.78, 5) is 2.52.